The summed E-state index contributed by atoms with van der Waals surface area (Å²) in [6, 6.07) is 9.79. The maximum atomic E-state index is 11.2. The maximum absolute atomic E-state index is 11.2. The van der Waals surface area contributed by atoms with Crippen molar-refractivity contribution in [2.45, 2.75) is 29.9 Å². The van der Waals surface area contributed by atoms with Crippen LogP contribution in [0.1, 0.15) is 12.8 Å². The summed E-state index contributed by atoms with van der Waals surface area (Å²) >= 11 is 1.65. The SMILES string of the molecule is O=B/C=N/C(CSc1ccccc1)C1CCC(=O)O1. The van der Waals surface area contributed by atoms with Crippen LogP contribution in [0.3, 0.4) is 0 Å². The van der Waals surface area contributed by atoms with Crippen LogP contribution in [0.15, 0.2) is 40.2 Å². The number of thioether (sulfide) groups is 1. The molecule has 1 fully saturated rings. The minimum atomic E-state index is -0.208. The number of cyclic esters (lactones) is 1. The quantitative estimate of drug-likeness (QED) is 0.344. The molecule has 2 rings (SSSR count). The molecule has 0 N–H and O–H groups in total. The van der Waals surface area contributed by atoms with Crippen molar-refractivity contribution >= 4 is 31.0 Å². The molecule has 0 aliphatic carbocycles. The van der Waals surface area contributed by atoms with Gasteiger partial charge in [-0.05, 0) is 0 Å². The zero-order valence-electron chi connectivity index (χ0n) is 10.4. The average molecular weight is 275 g/mol. The first-order valence-electron chi connectivity index (χ1n) is 6.14. The normalized spacial score (nSPS) is 20.2. The number of esters is 1. The van der Waals surface area contributed by atoms with Crippen LogP contribution >= 0.6 is 11.8 Å². The molecular formula is C13H14BNO3S. The van der Waals surface area contributed by atoms with Crippen molar-refractivity contribution in [3.63, 3.8) is 0 Å². The Labute approximate surface area is 116 Å². The Hall–Kier alpha value is -1.43. The zero-order chi connectivity index (χ0) is 13.5. The average Bonchev–Trinajstić information content (AvgIpc) is 2.86. The third-order valence-corrected chi connectivity index (χ3v) is 3.96. The van der Waals surface area contributed by atoms with E-state index in [1.807, 2.05) is 30.3 Å². The molecule has 0 aromatic heterocycles. The van der Waals surface area contributed by atoms with Crippen molar-refractivity contribution in [3.8, 4) is 0 Å². The molecule has 2 unspecified atom stereocenters. The van der Waals surface area contributed by atoms with Crippen LogP contribution in [0.4, 0.5) is 0 Å². The predicted molar refractivity (Wildman–Crippen MR) is 75.0 cm³/mol. The summed E-state index contributed by atoms with van der Waals surface area (Å²) in [6.07, 6.45) is 2.14. The van der Waals surface area contributed by atoms with Gasteiger partial charge in [0.05, 0.1) is 0 Å². The molecule has 98 valence electrons. The molecule has 0 radical (unpaired) electrons. The third kappa shape index (κ3) is 4.31. The van der Waals surface area contributed by atoms with Crippen molar-refractivity contribution in [3.05, 3.63) is 30.3 Å². The summed E-state index contributed by atoms with van der Waals surface area (Å²) < 4.78 is 15.6. The fraction of sp³-hybridized carbons (Fsp3) is 0.385. The topological polar surface area (TPSA) is 55.7 Å². The molecule has 6 heteroatoms. The van der Waals surface area contributed by atoms with Gasteiger partial charge in [0.1, 0.15) is 0 Å². The van der Waals surface area contributed by atoms with Gasteiger partial charge in [-0.3, -0.25) is 0 Å². The van der Waals surface area contributed by atoms with Gasteiger partial charge in [0.25, 0.3) is 0 Å². The number of aliphatic imine (C=N–C) groups is 1. The number of rotatable bonds is 6. The van der Waals surface area contributed by atoms with Gasteiger partial charge in [-0.15, -0.1) is 0 Å². The van der Waals surface area contributed by atoms with E-state index in [9.17, 15) is 9.50 Å². The number of carbonyl (C=O) groups excluding carboxylic acids is 1. The predicted octanol–water partition coefficient (Wildman–Crippen LogP) is 1.93. The number of hydrogen-bond donors (Lipinski definition) is 0. The van der Waals surface area contributed by atoms with E-state index < -0.39 is 0 Å². The van der Waals surface area contributed by atoms with Gasteiger partial charge >= 0.3 is 116 Å². The number of ether oxygens (including phenoxy) is 1. The zero-order valence-corrected chi connectivity index (χ0v) is 11.2. The summed E-state index contributed by atoms with van der Waals surface area (Å²) in [5.74, 6) is 0.507. The van der Waals surface area contributed by atoms with E-state index in [4.69, 9.17) is 4.74 Å². The fourth-order valence-corrected chi connectivity index (χ4v) is 2.92. The Bertz CT molecular complexity index is 466. The van der Waals surface area contributed by atoms with Gasteiger partial charge in [-0.1, -0.05) is 0 Å². The Morgan fingerprint density at radius 3 is 2.89 bits per heavy atom. The number of nitrogens with zero attached hydrogens (tertiary/aromatic N) is 1. The molecule has 2 atom stereocenters. The van der Waals surface area contributed by atoms with Crippen molar-refractivity contribution in [1.82, 2.24) is 0 Å². The van der Waals surface area contributed by atoms with E-state index >= 15 is 0 Å². The molecule has 0 bridgehead atoms. The minimum absolute atomic E-state index is 0.165. The molecule has 1 saturated heterocycles. The second kappa shape index (κ2) is 7.23. The van der Waals surface area contributed by atoms with E-state index in [-0.39, 0.29) is 18.1 Å². The first-order chi connectivity index (χ1) is 9.29. The van der Waals surface area contributed by atoms with E-state index in [0.717, 1.165) is 4.90 Å². The summed E-state index contributed by atoms with van der Waals surface area (Å²) in [6.45, 7) is 0. The molecule has 0 amide bonds. The van der Waals surface area contributed by atoms with Crippen LogP contribution in [-0.2, 0) is 14.2 Å². The molecule has 0 spiro atoms. The summed E-state index contributed by atoms with van der Waals surface area (Å²) in [5.41, 5.74) is 0. The van der Waals surface area contributed by atoms with Gasteiger partial charge in [-0.25, -0.2) is 0 Å². The van der Waals surface area contributed by atoms with Crippen molar-refractivity contribution in [1.29, 1.82) is 0 Å². The molecule has 1 aromatic carbocycles. The second-order valence-electron chi connectivity index (χ2n) is 4.19. The van der Waals surface area contributed by atoms with Crippen LogP contribution in [0.25, 0.3) is 0 Å². The van der Waals surface area contributed by atoms with Crippen LogP contribution in [0.5, 0.6) is 0 Å². The van der Waals surface area contributed by atoms with Gasteiger partial charge < -0.3 is 0 Å². The first kappa shape index (κ1) is 14.0. The van der Waals surface area contributed by atoms with Gasteiger partial charge in [0.15, 0.2) is 0 Å². The molecule has 0 saturated carbocycles. The molecule has 19 heavy (non-hydrogen) atoms. The molecule has 1 aromatic rings. The molecule has 1 heterocycles. The second-order valence-corrected chi connectivity index (χ2v) is 5.29. The van der Waals surface area contributed by atoms with Crippen molar-refractivity contribution < 1.29 is 14.2 Å². The van der Waals surface area contributed by atoms with Crippen molar-refractivity contribution in [2.75, 3.05) is 5.75 Å². The fourth-order valence-electron chi connectivity index (χ4n) is 1.91. The Kier molecular flexibility index (Phi) is 5.33. The van der Waals surface area contributed by atoms with E-state index in [0.29, 0.717) is 25.7 Å². The monoisotopic (exact) mass is 275 g/mol. The van der Waals surface area contributed by atoms with Crippen LogP contribution in [0.2, 0.25) is 0 Å². The Balaban J connectivity index is 1.96. The van der Waals surface area contributed by atoms with Crippen LogP contribution < -0.4 is 0 Å². The van der Waals surface area contributed by atoms with Crippen molar-refractivity contribution in [2.24, 2.45) is 4.99 Å². The Morgan fingerprint density at radius 2 is 2.26 bits per heavy atom. The first-order valence-corrected chi connectivity index (χ1v) is 7.12. The molecule has 4 nitrogen and oxygen atoms in total. The van der Waals surface area contributed by atoms with E-state index in [1.54, 1.807) is 11.8 Å². The Morgan fingerprint density at radius 1 is 1.47 bits per heavy atom. The van der Waals surface area contributed by atoms with Gasteiger partial charge in [0.2, 0.25) is 0 Å². The van der Waals surface area contributed by atoms with Crippen LogP contribution in [-0.4, -0.2) is 37.1 Å². The van der Waals surface area contributed by atoms with E-state index in [2.05, 4.69) is 4.99 Å². The molecular weight excluding hydrogens is 261 g/mol. The van der Waals surface area contributed by atoms with Gasteiger partial charge in [0, 0.05) is 0 Å². The molecule has 1 aliphatic rings. The van der Waals surface area contributed by atoms with Crippen LogP contribution in [0, 0.1) is 0 Å². The van der Waals surface area contributed by atoms with Gasteiger partial charge in [-0.2, -0.15) is 0 Å². The summed E-state index contributed by atoms with van der Waals surface area (Å²) in [5, 5.41) is 0. The summed E-state index contributed by atoms with van der Waals surface area (Å²) in [4.78, 5) is 16.5. The molecule has 1 aliphatic heterocycles. The number of benzene rings is 1. The standard InChI is InChI=1S/C13H14BNO3S/c16-13-7-6-12(18-13)11(15-9-14-17)8-19-10-4-2-1-3-5-10/h1-5,9,11-12H,6-8H2/b15-9+. The number of carbonyl (C=O) groups is 1. The third-order valence-electron chi connectivity index (χ3n) is 2.85. The summed E-state index contributed by atoms with van der Waals surface area (Å²) in [7, 11) is 0.650. The van der Waals surface area contributed by atoms with E-state index in [1.165, 1.54) is 6.11 Å². The number of hydrogen-bond acceptors (Lipinski definition) is 5.